The molecule has 0 saturated heterocycles. The molecule has 1 N–H and O–H groups in total. The maximum atomic E-state index is 10.7. The molecule has 0 aliphatic heterocycles. The summed E-state index contributed by atoms with van der Waals surface area (Å²) in [6.07, 6.45) is 5.60. The molecule has 0 amide bonds. The molecule has 0 aromatic carbocycles. The third-order valence-corrected chi connectivity index (χ3v) is 3.56. The summed E-state index contributed by atoms with van der Waals surface area (Å²) in [6, 6.07) is 0. The summed E-state index contributed by atoms with van der Waals surface area (Å²) in [7, 11) is 0. The Bertz CT molecular complexity index is 289. The van der Waals surface area contributed by atoms with E-state index in [-0.39, 0.29) is 5.54 Å². The zero-order valence-electron chi connectivity index (χ0n) is 12.3. The summed E-state index contributed by atoms with van der Waals surface area (Å²) < 4.78 is 0. The van der Waals surface area contributed by atoms with E-state index in [2.05, 4.69) is 46.0 Å². The van der Waals surface area contributed by atoms with Crippen molar-refractivity contribution in [1.29, 1.82) is 0 Å². The number of nitrogens with one attached hydrogen (secondary N) is 1. The van der Waals surface area contributed by atoms with Gasteiger partial charge in [-0.05, 0) is 32.6 Å². The maximum absolute atomic E-state index is 10.7. The van der Waals surface area contributed by atoms with Crippen molar-refractivity contribution in [3.8, 4) is 0 Å². The largest absolute Gasteiger partial charge is 0.310 e. The van der Waals surface area contributed by atoms with E-state index < -0.39 is 5.92 Å². The predicted octanol–water partition coefficient (Wildman–Crippen LogP) is 2.75. The number of carbonyl (C=O) groups excluding carboxylic acids is 2. The van der Waals surface area contributed by atoms with Crippen LogP contribution in [0, 0.1) is 11.8 Å². The SMILES string of the molecule is CCC=C(C)CC(C)(NCC(C=O)C=O)C(C)C. The smallest absolute Gasteiger partial charge is 0.131 e. The Labute approximate surface area is 111 Å². The highest BCUT2D eigenvalue weighted by molar-refractivity contribution is 5.77. The van der Waals surface area contributed by atoms with Crippen molar-refractivity contribution in [2.75, 3.05) is 6.54 Å². The van der Waals surface area contributed by atoms with E-state index in [9.17, 15) is 9.59 Å². The van der Waals surface area contributed by atoms with Crippen LogP contribution in [-0.2, 0) is 9.59 Å². The Morgan fingerprint density at radius 2 is 1.83 bits per heavy atom. The first-order valence-electron chi connectivity index (χ1n) is 6.70. The molecule has 0 aromatic heterocycles. The van der Waals surface area contributed by atoms with Gasteiger partial charge >= 0.3 is 0 Å². The highest BCUT2D eigenvalue weighted by Gasteiger charge is 2.28. The van der Waals surface area contributed by atoms with Crippen molar-refractivity contribution in [2.24, 2.45) is 11.8 Å². The summed E-state index contributed by atoms with van der Waals surface area (Å²) in [4.78, 5) is 21.3. The van der Waals surface area contributed by atoms with Crippen LogP contribution in [0.25, 0.3) is 0 Å². The topological polar surface area (TPSA) is 46.2 Å². The van der Waals surface area contributed by atoms with Gasteiger partial charge in [-0.2, -0.15) is 0 Å². The van der Waals surface area contributed by atoms with Crippen LogP contribution in [0.15, 0.2) is 11.6 Å². The average molecular weight is 253 g/mol. The van der Waals surface area contributed by atoms with Crippen LogP contribution in [0.1, 0.15) is 47.5 Å². The van der Waals surface area contributed by atoms with Crippen molar-refractivity contribution in [3.05, 3.63) is 11.6 Å². The van der Waals surface area contributed by atoms with Gasteiger partial charge in [-0.25, -0.2) is 0 Å². The number of aldehydes is 2. The lowest BCUT2D eigenvalue weighted by atomic mass is 9.82. The molecule has 0 rings (SSSR count). The second-order valence-corrected chi connectivity index (χ2v) is 5.52. The van der Waals surface area contributed by atoms with Crippen LogP contribution in [-0.4, -0.2) is 24.7 Å². The van der Waals surface area contributed by atoms with Crippen molar-refractivity contribution in [1.82, 2.24) is 5.32 Å². The van der Waals surface area contributed by atoms with E-state index in [1.54, 1.807) is 0 Å². The van der Waals surface area contributed by atoms with Gasteiger partial charge in [0.15, 0.2) is 0 Å². The fourth-order valence-corrected chi connectivity index (χ4v) is 1.95. The van der Waals surface area contributed by atoms with Crippen LogP contribution >= 0.6 is 0 Å². The molecule has 3 heteroatoms. The van der Waals surface area contributed by atoms with Crippen molar-refractivity contribution >= 4 is 12.6 Å². The quantitative estimate of drug-likeness (QED) is 0.390. The Morgan fingerprint density at radius 1 is 1.28 bits per heavy atom. The predicted molar refractivity (Wildman–Crippen MR) is 75.5 cm³/mol. The van der Waals surface area contributed by atoms with Crippen LogP contribution in [0.4, 0.5) is 0 Å². The normalized spacial score (nSPS) is 15.8. The van der Waals surface area contributed by atoms with E-state index in [0.29, 0.717) is 25.0 Å². The number of carbonyl (C=O) groups is 2. The maximum Gasteiger partial charge on any atom is 0.131 e. The molecule has 0 heterocycles. The molecule has 0 bridgehead atoms. The van der Waals surface area contributed by atoms with Crippen molar-refractivity contribution in [2.45, 2.75) is 53.0 Å². The Kier molecular flexibility index (Phi) is 7.76. The molecule has 1 unspecified atom stereocenters. The van der Waals surface area contributed by atoms with Crippen LogP contribution in [0.5, 0.6) is 0 Å². The van der Waals surface area contributed by atoms with Crippen LogP contribution < -0.4 is 5.32 Å². The monoisotopic (exact) mass is 253 g/mol. The summed E-state index contributed by atoms with van der Waals surface area (Å²) in [5.74, 6) is -0.116. The van der Waals surface area contributed by atoms with Gasteiger partial charge in [-0.15, -0.1) is 0 Å². The molecule has 0 radical (unpaired) electrons. The van der Waals surface area contributed by atoms with E-state index in [4.69, 9.17) is 0 Å². The number of hydrogen-bond acceptors (Lipinski definition) is 3. The van der Waals surface area contributed by atoms with Gasteiger partial charge in [0.05, 0.1) is 5.92 Å². The lowest BCUT2D eigenvalue weighted by molar-refractivity contribution is -0.119. The summed E-state index contributed by atoms with van der Waals surface area (Å²) >= 11 is 0. The fraction of sp³-hybridized carbons (Fsp3) is 0.733. The summed E-state index contributed by atoms with van der Waals surface area (Å²) in [5.41, 5.74) is 1.26. The minimum absolute atomic E-state index is 0.0833. The lowest BCUT2D eigenvalue weighted by Gasteiger charge is -2.36. The molecule has 0 spiro atoms. The fourth-order valence-electron chi connectivity index (χ4n) is 1.95. The second kappa shape index (κ2) is 8.20. The Morgan fingerprint density at radius 3 is 2.22 bits per heavy atom. The first-order valence-corrected chi connectivity index (χ1v) is 6.70. The molecule has 18 heavy (non-hydrogen) atoms. The van der Waals surface area contributed by atoms with Gasteiger partial charge in [0.25, 0.3) is 0 Å². The molecule has 0 aromatic rings. The van der Waals surface area contributed by atoms with Gasteiger partial charge in [0.1, 0.15) is 12.6 Å². The lowest BCUT2D eigenvalue weighted by Crippen LogP contribution is -2.49. The average Bonchev–Trinajstić information content (AvgIpc) is 2.30. The van der Waals surface area contributed by atoms with Gasteiger partial charge < -0.3 is 14.9 Å². The summed E-state index contributed by atoms with van der Waals surface area (Å²) in [5, 5.41) is 3.38. The second-order valence-electron chi connectivity index (χ2n) is 5.52. The highest BCUT2D eigenvalue weighted by atomic mass is 16.1. The number of allylic oxidation sites excluding steroid dienone is 1. The standard InChI is InChI=1S/C15H27NO2/c1-6-7-13(4)8-15(5,12(2)3)16-9-14(10-17)11-18/h7,10-12,14,16H,6,8-9H2,1-5H3. The molecule has 0 aliphatic rings. The molecular weight excluding hydrogens is 226 g/mol. The van der Waals surface area contributed by atoms with Gasteiger partial charge in [0, 0.05) is 12.1 Å². The number of rotatable bonds is 9. The minimum atomic E-state index is -0.543. The molecule has 0 saturated carbocycles. The van der Waals surface area contributed by atoms with Gasteiger partial charge in [0.2, 0.25) is 0 Å². The van der Waals surface area contributed by atoms with Gasteiger partial charge in [-0.1, -0.05) is 32.4 Å². The minimum Gasteiger partial charge on any atom is -0.310 e. The van der Waals surface area contributed by atoms with Crippen LogP contribution in [0.2, 0.25) is 0 Å². The Balaban J connectivity index is 4.66. The molecule has 0 aliphatic carbocycles. The van der Waals surface area contributed by atoms with Gasteiger partial charge in [-0.3, -0.25) is 0 Å². The zero-order valence-corrected chi connectivity index (χ0v) is 12.3. The molecule has 104 valence electrons. The number of hydrogen-bond donors (Lipinski definition) is 1. The Hall–Kier alpha value is -0.960. The molecular formula is C15H27NO2. The molecule has 3 nitrogen and oxygen atoms in total. The van der Waals surface area contributed by atoms with E-state index in [1.807, 2.05) is 0 Å². The van der Waals surface area contributed by atoms with E-state index in [1.165, 1.54) is 5.57 Å². The molecule has 0 fully saturated rings. The first-order chi connectivity index (χ1) is 8.39. The van der Waals surface area contributed by atoms with E-state index in [0.717, 1.165) is 12.8 Å². The zero-order chi connectivity index (χ0) is 14.2. The van der Waals surface area contributed by atoms with E-state index >= 15 is 0 Å². The molecule has 1 atom stereocenters. The van der Waals surface area contributed by atoms with Crippen molar-refractivity contribution < 1.29 is 9.59 Å². The third kappa shape index (κ3) is 5.58. The highest BCUT2D eigenvalue weighted by Crippen LogP contribution is 2.25. The first kappa shape index (κ1) is 17.0. The summed E-state index contributed by atoms with van der Waals surface area (Å²) in [6.45, 7) is 11.1. The van der Waals surface area contributed by atoms with Crippen LogP contribution in [0.3, 0.4) is 0 Å². The van der Waals surface area contributed by atoms with Crippen molar-refractivity contribution in [3.63, 3.8) is 0 Å². The third-order valence-electron chi connectivity index (χ3n) is 3.56.